The van der Waals surface area contributed by atoms with Gasteiger partial charge in [0.05, 0.1) is 0 Å². The van der Waals surface area contributed by atoms with Crippen molar-refractivity contribution in [1.82, 2.24) is 25.1 Å². The van der Waals surface area contributed by atoms with Crippen LogP contribution in [0.3, 0.4) is 0 Å². The highest BCUT2D eigenvalue weighted by molar-refractivity contribution is 7.98. The van der Waals surface area contributed by atoms with Gasteiger partial charge in [-0.05, 0) is 67.4 Å². The van der Waals surface area contributed by atoms with Crippen LogP contribution in [0.25, 0.3) is 17.1 Å². The summed E-state index contributed by atoms with van der Waals surface area (Å²) in [5.74, 6) is 0.928. The molecule has 0 fully saturated rings. The Balaban J connectivity index is 1.55. The molecule has 0 saturated heterocycles. The van der Waals surface area contributed by atoms with Gasteiger partial charge >= 0.3 is 0 Å². The van der Waals surface area contributed by atoms with Crippen molar-refractivity contribution in [2.75, 3.05) is 0 Å². The van der Waals surface area contributed by atoms with Crippen LogP contribution in [0.5, 0.6) is 0 Å². The number of halogens is 1. The SMILES string of the molecule is CC[C@H](C)NC(=O)c1ccc(CSc2nnc(-c3ccncc3)n2-c2ccc(F)cc2)cc1. The maximum atomic E-state index is 13.5. The average Bonchev–Trinajstić information content (AvgIpc) is 3.28. The zero-order valence-corrected chi connectivity index (χ0v) is 19.2. The summed E-state index contributed by atoms with van der Waals surface area (Å²) in [4.78, 5) is 16.4. The van der Waals surface area contributed by atoms with Crippen LogP contribution < -0.4 is 5.32 Å². The van der Waals surface area contributed by atoms with Crippen LogP contribution in [0.15, 0.2) is 78.2 Å². The van der Waals surface area contributed by atoms with E-state index in [1.807, 2.05) is 54.8 Å². The Kier molecular flexibility index (Phi) is 7.14. The lowest BCUT2D eigenvalue weighted by atomic mass is 10.1. The summed E-state index contributed by atoms with van der Waals surface area (Å²) in [7, 11) is 0. The Morgan fingerprint density at radius 3 is 2.39 bits per heavy atom. The van der Waals surface area contributed by atoms with Crippen LogP contribution in [-0.4, -0.2) is 31.7 Å². The molecular weight excluding hydrogens is 437 g/mol. The minimum atomic E-state index is -0.302. The lowest BCUT2D eigenvalue weighted by molar-refractivity contribution is 0.0939. The number of benzene rings is 2. The van der Waals surface area contributed by atoms with Gasteiger partial charge in [0, 0.05) is 41.0 Å². The molecule has 6 nitrogen and oxygen atoms in total. The average molecular weight is 462 g/mol. The molecule has 1 atom stereocenters. The molecule has 2 aromatic carbocycles. The number of thioether (sulfide) groups is 1. The summed E-state index contributed by atoms with van der Waals surface area (Å²) >= 11 is 1.52. The number of hydrogen-bond acceptors (Lipinski definition) is 5. The molecular formula is C25H24FN5OS. The van der Waals surface area contributed by atoms with Gasteiger partial charge in [-0.25, -0.2) is 4.39 Å². The molecule has 0 bridgehead atoms. The zero-order valence-electron chi connectivity index (χ0n) is 18.4. The third kappa shape index (κ3) is 5.46. The fourth-order valence-corrected chi connectivity index (χ4v) is 4.09. The molecule has 168 valence electrons. The molecule has 0 aliphatic carbocycles. The van der Waals surface area contributed by atoms with Crippen LogP contribution in [0, 0.1) is 5.82 Å². The first-order valence-corrected chi connectivity index (χ1v) is 11.7. The summed E-state index contributed by atoms with van der Waals surface area (Å²) in [5, 5.41) is 12.4. The number of rotatable bonds is 8. The van der Waals surface area contributed by atoms with Crippen molar-refractivity contribution >= 4 is 17.7 Å². The van der Waals surface area contributed by atoms with Crippen LogP contribution in [0.4, 0.5) is 4.39 Å². The van der Waals surface area contributed by atoms with Gasteiger partial charge in [0.2, 0.25) is 0 Å². The van der Waals surface area contributed by atoms with Crippen LogP contribution in [0.2, 0.25) is 0 Å². The Morgan fingerprint density at radius 1 is 1.03 bits per heavy atom. The van der Waals surface area contributed by atoms with E-state index in [4.69, 9.17) is 0 Å². The van der Waals surface area contributed by atoms with Crippen molar-refractivity contribution in [3.63, 3.8) is 0 Å². The number of pyridine rings is 1. The normalized spacial score (nSPS) is 11.8. The summed E-state index contributed by atoms with van der Waals surface area (Å²) in [6, 6.07) is 17.7. The maximum absolute atomic E-state index is 13.5. The lowest BCUT2D eigenvalue weighted by Gasteiger charge is -2.12. The van der Waals surface area contributed by atoms with Crippen LogP contribution in [-0.2, 0) is 5.75 Å². The standard InChI is InChI=1S/C25H24FN5OS/c1-3-17(2)28-24(32)20-6-4-18(5-7-20)16-33-25-30-29-23(19-12-14-27-15-13-19)31(25)22-10-8-21(26)9-11-22/h4-15,17H,3,16H2,1-2H3,(H,28,32)/t17-/m0/s1. The van der Waals surface area contributed by atoms with E-state index >= 15 is 0 Å². The molecule has 1 amide bonds. The second-order valence-corrected chi connectivity index (χ2v) is 8.56. The third-order valence-corrected chi connectivity index (χ3v) is 6.23. The van der Waals surface area contributed by atoms with E-state index in [1.54, 1.807) is 24.5 Å². The van der Waals surface area contributed by atoms with Crippen molar-refractivity contribution in [2.24, 2.45) is 0 Å². The molecule has 2 aromatic heterocycles. The minimum Gasteiger partial charge on any atom is -0.350 e. The Morgan fingerprint density at radius 2 is 1.73 bits per heavy atom. The molecule has 1 N–H and O–H groups in total. The first kappa shape index (κ1) is 22.7. The lowest BCUT2D eigenvalue weighted by Crippen LogP contribution is -2.31. The van der Waals surface area contributed by atoms with E-state index in [0.717, 1.165) is 23.2 Å². The van der Waals surface area contributed by atoms with Gasteiger partial charge in [-0.2, -0.15) is 0 Å². The van der Waals surface area contributed by atoms with Gasteiger partial charge in [0.1, 0.15) is 5.82 Å². The number of amides is 1. The van der Waals surface area contributed by atoms with Crippen LogP contribution >= 0.6 is 11.8 Å². The highest BCUT2D eigenvalue weighted by atomic mass is 32.2. The fourth-order valence-electron chi connectivity index (χ4n) is 3.18. The minimum absolute atomic E-state index is 0.0680. The van der Waals surface area contributed by atoms with E-state index in [-0.39, 0.29) is 17.8 Å². The topological polar surface area (TPSA) is 72.7 Å². The van der Waals surface area contributed by atoms with E-state index < -0.39 is 0 Å². The highest BCUT2D eigenvalue weighted by Crippen LogP contribution is 2.29. The zero-order chi connectivity index (χ0) is 23.2. The number of nitrogens with one attached hydrogen (secondary N) is 1. The molecule has 2 heterocycles. The van der Waals surface area contributed by atoms with Crippen LogP contribution in [0.1, 0.15) is 36.2 Å². The molecule has 4 rings (SSSR count). The maximum Gasteiger partial charge on any atom is 0.251 e. The Hall–Kier alpha value is -3.52. The first-order valence-electron chi connectivity index (χ1n) is 10.7. The van der Waals surface area contributed by atoms with E-state index in [1.165, 1.54) is 23.9 Å². The van der Waals surface area contributed by atoms with Gasteiger partial charge in [-0.1, -0.05) is 30.8 Å². The number of carbonyl (C=O) groups is 1. The van der Waals surface area contributed by atoms with Gasteiger partial charge in [0.25, 0.3) is 5.91 Å². The van der Waals surface area contributed by atoms with Gasteiger partial charge in [0.15, 0.2) is 11.0 Å². The predicted molar refractivity (Wildman–Crippen MR) is 128 cm³/mol. The molecule has 0 aliphatic heterocycles. The second-order valence-electron chi connectivity index (χ2n) is 7.62. The van der Waals surface area contributed by atoms with Gasteiger partial charge < -0.3 is 5.32 Å². The molecule has 4 aromatic rings. The highest BCUT2D eigenvalue weighted by Gasteiger charge is 2.16. The van der Waals surface area contributed by atoms with Crippen molar-refractivity contribution < 1.29 is 9.18 Å². The summed E-state index contributed by atoms with van der Waals surface area (Å²) in [5.41, 5.74) is 3.33. The van der Waals surface area contributed by atoms with E-state index in [0.29, 0.717) is 22.3 Å². The van der Waals surface area contributed by atoms with E-state index in [2.05, 4.69) is 20.5 Å². The quantitative estimate of drug-likeness (QED) is 0.361. The molecule has 8 heteroatoms. The molecule has 0 aliphatic rings. The first-order chi connectivity index (χ1) is 16.0. The summed E-state index contributed by atoms with van der Waals surface area (Å²) in [6.45, 7) is 4.02. The van der Waals surface area contributed by atoms with E-state index in [9.17, 15) is 9.18 Å². The Bertz CT molecular complexity index is 1210. The predicted octanol–water partition coefficient (Wildman–Crippen LogP) is 5.29. The number of nitrogens with zero attached hydrogens (tertiary/aromatic N) is 4. The van der Waals surface area contributed by atoms with Crippen molar-refractivity contribution in [1.29, 1.82) is 0 Å². The Labute approximate surface area is 196 Å². The van der Waals surface area contributed by atoms with Gasteiger partial charge in [-0.3, -0.25) is 14.3 Å². The number of carbonyl (C=O) groups excluding carboxylic acids is 1. The third-order valence-electron chi connectivity index (χ3n) is 5.23. The molecule has 0 saturated carbocycles. The summed E-state index contributed by atoms with van der Waals surface area (Å²) < 4.78 is 15.4. The number of hydrogen-bond donors (Lipinski definition) is 1. The molecule has 33 heavy (non-hydrogen) atoms. The summed E-state index contributed by atoms with van der Waals surface area (Å²) in [6.07, 6.45) is 4.28. The monoisotopic (exact) mass is 461 g/mol. The second kappa shape index (κ2) is 10.4. The molecule has 0 radical (unpaired) electrons. The molecule has 0 spiro atoms. The molecule has 0 unspecified atom stereocenters. The van der Waals surface area contributed by atoms with Crippen molar-refractivity contribution in [3.05, 3.63) is 90.0 Å². The van der Waals surface area contributed by atoms with Crippen molar-refractivity contribution in [2.45, 2.75) is 37.2 Å². The van der Waals surface area contributed by atoms with Crippen molar-refractivity contribution in [3.8, 4) is 17.1 Å². The fraction of sp³-hybridized carbons (Fsp3) is 0.200. The number of aromatic nitrogens is 4. The largest absolute Gasteiger partial charge is 0.350 e. The van der Waals surface area contributed by atoms with Gasteiger partial charge in [-0.15, -0.1) is 10.2 Å². The smallest absolute Gasteiger partial charge is 0.251 e.